The van der Waals surface area contributed by atoms with Gasteiger partial charge < -0.3 is 9.47 Å². The van der Waals surface area contributed by atoms with E-state index in [0.717, 1.165) is 0 Å². The van der Waals surface area contributed by atoms with Gasteiger partial charge in [-0.05, 0) is 31.0 Å². The Morgan fingerprint density at radius 3 is 2.57 bits per heavy atom. The lowest BCUT2D eigenvalue weighted by Crippen LogP contribution is -2.37. The Balaban J connectivity index is 1.75. The zero-order valence-corrected chi connectivity index (χ0v) is 16.9. The van der Waals surface area contributed by atoms with Crippen molar-refractivity contribution in [2.75, 3.05) is 13.2 Å². The number of benzene rings is 2. The fourth-order valence-corrected chi connectivity index (χ4v) is 3.42. The first-order valence-corrected chi connectivity index (χ1v) is 9.71. The molecule has 2 unspecified atom stereocenters. The van der Waals surface area contributed by atoms with Crippen LogP contribution in [0.3, 0.4) is 0 Å². The van der Waals surface area contributed by atoms with Gasteiger partial charge in [0.05, 0.1) is 10.6 Å². The predicted octanol–water partition coefficient (Wildman–Crippen LogP) is 4.16. The first-order chi connectivity index (χ1) is 14.5. The number of carbonyl (C=O) groups is 1. The number of carbonyl (C=O) groups excluding carboxylic acids is 1. The van der Waals surface area contributed by atoms with E-state index in [-0.39, 0.29) is 18.9 Å². The Kier molecular flexibility index (Phi) is 6.90. The number of non-ortho nitro benzene ring substituents is 1. The fourth-order valence-electron chi connectivity index (χ4n) is 3.42. The fraction of sp³-hybridized carbons (Fsp3) is 0.318. The molecule has 0 saturated heterocycles. The zero-order valence-electron chi connectivity index (χ0n) is 16.9. The SMILES string of the molecule is CCC1=NN=C(C)C(C(=O)OCCOc2ccccc2)C1c1cccc([N+](=O)[O-])c1. The maximum atomic E-state index is 12.9. The number of para-hydroxylation sites is 1. The summed E-state index contributed by atoms with van der Waals surface area (Å²) in [6.45, 7) is 3.93. The highest BCUT2D eigenvalue weighted by atomic mass is 16.6. The Morgan fingerprint density at radius 1 is 1.10 bits per heavy atom. The van der Waals surface area contributed by atoms with Crippen LogP contribution in [0.2, 0.25) is 0 Å². The summed E-state index contributed by atoms with van der Waals surface area (Å²) in [7, 11) is 0. The quantitative estimate of drug-likeness (QED) is 0.282. The van der Waals surface area contributed by atoms with Crippen molar-refractivity contribution in [3.63, 3.8) is 0 Å². The molecule has 0 aromatic heterocycles. The van der Waals surface area contributed by atoms with Crippen LogP contribution in [0.25, 0.3) is 0 Å². The minimum Gasteiger partial charge on any atom is -0.490 e. The maximum absolute atomic E-state index is 12.9. The third-order valence-corrected chi connectivity index (χ3v) is 4.87. The summed E-state index contributed by atoms with van der Waals surface area (Å²) >= 11 is 0. The van der Waals surface area contributed by atoms with Gasteiger partial charge in [0.2, 0.25) is 0 Å². The van der Waals surface area contributed by atoms with Crippen LogP contribution >= 0.6 is 0 Å². The molecule has 0 aliphatic carbocycles. The van der Waals surface area contributed by atoms with Crippen LogP contribution < -0.4 is 4.74 Å². The van der Waals surface area contributed by atoms with Crippen LogP contribution in [-0.4, -0.2) is 35.5 Å². The summed E-state index contributed by atoms with van der Waals surface area (Å²) in [4.78, 5) is 23.7. The molecule has 3 rings (SSSR count). The highest BCUT2D eigenvalue weighted by Gasteiger charge is 2.39. The second-order valence-corrected chi connectivity index (χ2v) is 6.82. The summed E-state index contributed by atoms with van der Waals surface area (Å²) in [5, 5.41) is 19.6. The molecular formula is C22H23N3O5. The highest BCUT2D eigenvalue weighted by Crippen LogP contribution is 2.34. The molecular weight excluding hydrogens is 386 g/mol. The molecule has 8 heteroatoms. The number of nitro groups is 1. The van der Waals surface area contributed by atoms with Crippen molar-refractivity contribution in [2.45, 2.75) is 26.2 Å². The number of hydrogen-bond acceptors (Lipinski definition) is 7. The van der Waals surface area contributed by atoms with Gasteiger partial charge in [-0.1, -0.05) is 37.3 Å². The van der Waals surface area contributed by atoms with Gasteiger partial charge in [-0.25, -0.2) is 0 Å². The molecule has 1 aliphatic rings. The van der Waals surface area contributed by atoms with E-state index in [9.17, 15) is 14.9 Å². The van der Waals surface area contributed by atoms with Crippen molar-refractivity contribution in [1.82, 2.24) is 0 Å². The van der Waals surface area contributed by atoms with Crippen LogP contribution in [-0.2, 0) is 9.53 Å². The third kappa shape index (κ3) is 4.89. The number of ether oxygens (including phenoxy) is 2. The van der Waals surface area contributed by atoms with E-state index in [2.05, 4.69) is 10.2 Å². The smallest absolute Gasteiger partial charge is 0.315 e. The van der Waals surface area contributed by atoms with Gasteiger partial charge in [0.1, 0.15) is 24.9 Å². The highest BCUT2D eigenvalue weighted by molar-refractivity contribution is 6.10. The summed E-state index contributed by atoms with van der Waals surface area (Å²) < 4.78 is 11.0. The van der Waals surface area contributed by atoms with Crippen molar-refractivity contribution >= 4 is 23.1 Å². The molecule has 0 fully saturated rings. The van der Waals surface area contributed by atoms with Gasteiger partial charge >= 0.3 is 5.97 Å². The van der Waals surface area contributed by atoms with Gasteiger partial charge in [-0.2, -0.15) is 10.2 Å². The molecule has 8 nitrogen and oxygen atoms in total. The van der Waals surface area contributed by atoms with Crippen molar-refractivity contribution in [2.24, 2.45) is 16.1 Å². The number of nitrogens with zero attached hydrogens (tertiary/aromatic N) is 3. The molecule has 2 aromatic rings. The predicted molar refractivity (Wildman–Crippen MR) is 113 cm³/mol. The van der Waals surface area contributed by atoms with E-state index < -0.39 is 22.7 Å². The van der Waals surface area contributed by atoms with Gasteiger partial charge in [0.15, 0.2) is 0 Å². The molecule has 0 radical (unpaired) electrons. The molecule has 0 amide bonds. The molecule has 156 valence electrons. The van der Waals surface area contributed by atoms with Crippen molar-refractivity contribution in [3.05, 3.63) is 70.3 Å². The molecule has 0 N–H and O–H groups in total. The Bertz CT molecular complexity index is 972. The normalized spacial score (nSPS) is 18.2. The molecule has 1 heterocycles. The lowest BCUT2D eigenvalue weighted by molar-refractivity contribution is -0.384. The monoisotopic (exact) mass is 409 g/mol. The second kappa shape index (κ2) is 9.78. The first kappa shape index (κ1) is 21.2. The van der Waals surface area contributed by atoms with Crippen LogP contribution in [0.15, 0.2) is 64.8 Å². The zero-order chi connectivity index (χ0) is 21.5. The van der Waals surface area contributed by atoms with Crippen LogP contribution in [0.4, 0.5) is 5.69 Å². The largest absolute Gasteiger partial charge is 0.490 e. The standard InChI is InChI=1S/C22H23N3O5/c1-3-19-21(16-8-7-9-17(14-16)25(27)28)20(15(2)23-24-19)22(26)30-13-12-29-18-10-5-4-6-11-18/h4-11,14,20-21H,3,12-13H2,1-2H3. The van der Waals surface area contributed by atoms with Crippen LogP contribution in [0, 0.1) is 16.0 Å². The van der Waals surface area contributed by atoms with Crippen molar-refractivity contribution in [1.29, 1.82) is 0 Å². The Hall–Kier alpha value is -3.55. The van der Waals surface area contributed by atoms with Gasteiger partial charge in [0, 0.05) is 23.8 Å². The molecule has 0 bridgehead atoms. The van der Waals surface area contributed by atoms with E-state index in [1.807, 2.05) is 37.3 Å². The first-order valence-electron chi connectivity index (χ1n) is 9.71. The topological polar surface area (TPSA) is 103 Å². The minimum atomic E-state index is -0.698. The second-order valence-electron chi connectivity index (χ2n) is 6.82. The minimum absolute atomic E-state index is 0.0357. The van der Waals surface area contributed by atoms with E-state index in [0.29, 0.717) is 29.2 Å². The third-order valence-electron chi connectivity index (χ3n) is 4.87. The molecule has 30 heavy (non-hydrogen) atoms. The van der Waals surface area contributed by atoms with Gasteiger partial charge in [0.25, 0.3) is 5.69 Å². The van der Waals surface area contributed by atoms with Crippen LogP contribution in [0.5, 0.6) is 5.75 Å². The van der Waals surface area contributed by atoms with E-state index in [4.69, 9.17) is 9.47 Å². The molecule has 1 aliphatic heterocycles. The summed E-state index contributed by atoms with van der Waals surface area (Å²) in [6.07, 6.45) is 0.561. The summed E-state index contributed by atoms with van der Waals surface area (Å²) in [5.41, 5.74) is 1.80. The molecule has 2 atom stereocenters. The molecule has 2 aromatic carbocycles. The summed E-state index contributed by atoms with van der Waals surface area (Å²) in [5.74, 6) is -0.921. The molecule has 0 saturated carbocycles. The van der Waals surface area contributed by atoms with Gasteiger partial charge in [-0.3, -0.25) is 14.9 Å². The Morgan fingerprint density at radius 2 is 1.87 bits per heavy atom. The van der Waals surface area contributed by atoms with E-state index in [1.54, 1.807) is 19.1 Å². The number of hydrogen-bond donors (Lipinski definition) is 0. The number of rotatable bonds is 8. The van der Waals surface area contributed by atoms with Crippen molar-refractivity contribution < 1.29 is 19.2 Å². The lowest BCUT2D eigenvalue weighted by Gasteiger charge is -2.29. The number of nitro benzene ring substituents is 1. The van der Waals surface area contributed by atoms with E-state index >= 15 is 0 Å². The lowest BCUT2D eigenvalue weighted by atomic mass is 9.78. The molecule has 0 spiro atoms. The summed E-state index contributed by atoms with van der Waals surface area (Å²) in [6, 6.07) is 15.5. The Labute approximate surface area is 174 Å². The van der Waals surface area contributed by atoms with Crippen molar-refractivity contribution in [3.8, 4) is 5.75 Å². The maximum Gasteiger partial charge on any atom is 0.315 e. The average molecular weight is 409 g/mol. The van der Waals surface area contributed by atoms with E-state index in [1.165, 1.54) is 12.1 Å². The number of esters is 1. The van der Waals surface area contributed by atoms with Crippen LogP contribution in [0.1, 0.15) is 31.7 Å². The van der Waals surface area contributed by atoms with Gasteiger partial charge in [-0.15, -0.1) is 0 Å². The average Bonchev–Trinajstić information content (AvgIpc) is 2.77.